The van der Waals surface area contributed by atoms with E-state index in [9.17, 15) is 13.2 Å². The number of aliphatic carboxylic acids is 1. The first-order valence-electron chi connectivity index (χ1n) is 5.21. The largest absolute Gasteiger partial charge is 0.481 e. The molecule has 0 bridgehead atoms. The van der Waals surface area contributed by atoms with Gasteiger partial charge in [0, 0.05) is 7.05 Å². The summed E-state index contributed by atoms with van der Waals surface area (Å²) in [5.74, 6) is -2.01. The summed E-state index contributed by atoms with van der Waals surface area (Å²) in [6.45, 7) is -0.00752. The van der Waals surface area contributed by atoms with E-state index < -0.39 is 28.0 Å². The van der Waals surface area contributed by atoms with Crippen LogP contribution in [0.1, 0.15) is 0 Å². The first-order chi connectivity index (χ1) is 8.83. The topological polar surface area (TPSA) is 123 Å². The van der Waals surface area contributed by atoms with Crippen LogP contribution in [0.15, 0.2) is 9.63 Å². The average molecular weight is 355 g/mol. The second kappa shape index (κ2) is 5.15. The lowest BCUT2D eigenvalue weighted by Crippen LogP contribution is -2.43. The quantitative estimate of drug-likeness (QED) is 0.707. The summed E-state index contributed by atoms with van der Waals surface area (Å²) in [7, 11) is -2.51. The molecule has 1 aromatic rings. The van der Waals surface area contributed by atoms with Gasteiger partial charge in [-0.15, -0.1) is 5.10 Å². The first-order valence-corrected chi connectivity index (χ1v) is 7.48. The number of halogens is 1. The van der Waals surface area contributed by atoms with Crippen LogP contribution in [0.2, 0.25) is 0 Å². The zero-order valence-corrected chi connectivity index (χ0v) is 12.2. The predicted molar refractivity (Wildman–Crippen MR) is 64.8 cm³/mol. The van der Waals surface area contributed by atoms with Gasteiger partial charge in [0.15, 0.2) is 4.60 Å². The van der Waals surface area contributed by atoms with E-state index >= 15 is 0 Å². The zero-order valence-electron chi connectivity index (χ0n) is 9.78. The molecule has 2 N–H and O–H groups in total. The van der Waals surface area contributed by atoms with Crippen molar-refractivity contribution in [1.29, 1.82) is 0 Å². The second-order valence-electron chi connectivity index (χ2n) is 4.02. The summed E-state index contributed by atoms with van der Waals surface area (Å²) >= 11 is 2.99. The highest BCUT2D eigenvalue weighted by Crippen LogP contribution is 2.21. The van der Waals surface area contributed by atoms with Gasteiger partial charge in [-0.25, -0.2) is 17.8 Å². The van der Waals surface area contributed by atoms with Crippen molar-refractivity contribution in [1.82, 2.24) is 19.7 Å². The van der Waals surface area contributed by atoms with Gasteiger partial charge in [0.2, 0.25) is 5.03 Å². The summed E-state index contributed by atoms with van der Waals surface area (Å²) in [6.07, 6.45) is 0. The molecule has 9 nitrogen and oxygen atoms in total. The third-order valence-electron chi connectivity index (χ3n) is 2.70. The maximum Gasteiger partial charge on any atom is 0.310 e. The van der Waals surface area contributed by atoms with E-state index in [0.717, 1.165) is 4.68 Å². The lowest BCUT2D eigenvalue weighted by Gasteiger charge is -2.15. The first kappa shape index (κ1) is 14.4. The predicted octanol–water partition coefficient (Wildman–Crippen LogP) is -1.04. The number of aryl methyl sites for hydroxylation is 1. The minimum absolute atomic E-state index is 0.0130. The lowest BCUT2D eigenvalue weighted by molar-refractivity contribution is -0.142. The molecule has 1 saturated heterocycles. The number of carboxylic acid groups (broad SMARTS) is 1. The number of nitrogens with zero attached hydrogens (tertiary/aromatic N) is 3. The van der Waals surface area contributed by atoms with Crippen molar-refractivity contribution in [3.8, 4) is 0 Å². The Labute approximate surface area is 117 Å². The number of sulfonamides is 1. The zero-order chi connectivity index (χ0) is 14.2. The molecule has 2 rings (SSSR count). The molecular weight excluding hydrogens is 344 g/mol. The van der Waals surface area contributed by atoms with E-state index in [1.807, 2.05) is 0 Å². The molecular formula is C8H11BrN4O5S. The van der Waals surface area contributed by atoms with Crippen LogP contribution in [0.3, 0.4) is 0 Å². The highest BCUT2D eigenvalue weighted by atomic mass is 79.9. The van der Waals surface area contributed by atoms with Crippen molar-refractivity contribution < 1.29 is 23.1 Å². The third-order valence-corrected chi connectivity index (χ3v) is 5.07. The maximum absolute atomic E-state index is 12.2. The molecule has 1 aliphatic heterocycles. The van der Waals surface area contributed by atoms with E-state index in [0.29, 0.717) is 0 Å². The second-order valence-corrected chi connectivity index (χ2v) is 6.40. The van der Waals surface area contributed by atoms with Crippen LogP contribution in [0.5, 0.6) is 0 Å². The van der Waals surface area contributed by atoms with Crippen LogP contribution < -0.4 is 4.72 Å². The van der Waals surface area contributed by atoms with Crippen molar-refractivity contribution in [2.75, 3.05) is 13.2 Å². The Morgan fingerprint density at radius 3 is 2.79 bits per heavy atom. The fourth-order valence-corrected chi connectivity index (χ4v) is 4.13. The molecule has 0 aliphatic carbocycles. The fraction of sp³-hybridized carbons (Fsp3) is 0.625. The fourth-order valence-electron chi connectivity index (χ4n) is 1.78. The van der Waals surface area contributed by atoms with Gasteiger partial charge in [0.25, 0.3) is 10.0 Å². The van der Waals surface area contributed by atoms with Crippen LogP contribution in [-0.2, 0) is 26.6 Å². The minimum atomic E-state index is -3.93. The van der Waals surface area contributed by atoms with Crippen LogP contribution in [0, 0.1) is 5.92 Å². The van der Waals surface area contributed by atoms with Crippen LogP contribution in [-0.4, -0.2) is 53.7 Å². The van der Waals surface area contributed by atoms with Crippen LogP contribution in [0.4, 0.5) is 0 Å². The Kier molecular flexibility index (Phi) is 3.90. The Morgan fingerprint density at radius 2 is 2.26 bits per heavy atom. The number of carboxylic acids is 1. The number of hydrogen-bond donors (Lipinski definition) is 2. The molecule has 0 radical (unpaired) electrons. The molecule has 106 valence electrons. The number of aromatic nitrogens is 3. The highest BCUT2D eigenvalue weighted by Gasteiger charge is 2.38. The van der Waals surface area contributed by atoms with Crippen LogP contribution >= 0.6 is 15.9 Å². The Hall–Kier alpha value is -1.04. The molecule has 19 heavy (non-hydrogen) atoms. The number of rotatable bonds is 4. The Bertz CT molecular complexity index is 581. The standard InChI is InChI=1S/C8H11BrN4O5S/c1-13-7(6(9)10-12-13)19(16,17)11-5-3-18-2-4(5)8(14)15/h4-5,11H,2-3H2,1H3,(H,14,15). The third kappa shape index (κ3) is 2.78. The minimum Gasteiger partial charge on any atom is -0.481 e. The van der Waals surface area contributed by atoms with Gasteiger partial charge in [-0.05, 0) is 15.9 Å². The highest BCUT2D eigenvalue weighted by molar-refractivity contribution is 9.10. The van der Waals surface area contributed by atoms with E-state index in [-0.39, 0.29) is 22.8 Å². The average Bonchev–Trinajstić information content (AvgIpc) is 2.85. The van der Waals surface area contributed by atoms with Gasteiger partial charge < -0.3 is 9.84 Å². The molecule has 1 fully saturated rings. The van der Waals surface area contributed by atoms with E-state index in [2.05, 4.69) is 31.0 Å². The molecule has 2 unspecified atom stereocenters. The van der Waals surface area contributed by atoms with Crippen molar-refractivity contribution in [2.24, 2.45) is 13.0 Å². The summed E-state index contributed by atoms with van der Waals surface area (Å²) in [5.41, 5.74) is 0. The smallest absolute Gasteiger partial charge is 0.310 e. The summed E-state index contributed by atoms with van der Waals surface area (Å²) in [5, 5.41) is 15.9. The SMILES string of the molecule is Cn1nnc(Br)c1S(=O)(=O)NC1COCC1C(=O)O. The van der Waals surface area contributed by atoms with Crippen molar-refractivity contribution in [3.63, 3.8) is 0 Å². The number of hydrogen-bond acceptors (Lipinski definition) is 6. The molecule has 1 aliphatic rings. The summed E-state index contributed by atoms with van der Waals surface area (Å²) in [4.78, 5) is 11.0. The maximum atomic E-state index is 12.2. The van der Waals surface area contributed by atoms with Gasteiger partial charge >= 0.3 is 5.97 Å². The molecule has 2 atom stereocenters. The molecule has 0 aromatic carbocycles. The van der Waals surface area contributed by atoms with Gasteiger partial charge in [0.1, 0.15) is 0 Å². The summed E-state index contributed by atoms with van der Waals surface area (Å²) < 4.78 is 32.8. The molecule has 0 saturated carbocycles. The molecule has 0 spiro atoms. The Morgan fingerprint density at radius 1 is 1.58 bits per heavy atom. The van der Waals surface area contributed by atoms with Crippen molar-refractivity contribution in [2.45, 2.75) is 11.1 Å². The monoisotopic (exact) mass is 354 g/mol. The Balaban J connectivity index is 2.25. The number of nitrogens with one attached hydrogen (secondary N) is 1. The molecule has 11 heteroatoms. The van der Waals surface area contributed by atoms with Crippen molar-refractivity contribution in [3.05, 3.63) is 4.60 Å². The van der Waals surface area contributed by atoms with Crippen LogP contribution in [0.25, 0.3) is 0 Å². The number of carbonyl (C=O) groups is 1. The normalized spacial score (nSPS) is 23.7. The van der Waals surface area contributed by atoms with Crippen molar-refractivity contribution >= 4 is 31.9 Å². The van der Waals surface area contributed by atoms with E-state index in [1.54, 1.807) is 0 Å². The van der Waals surface area contributed by atoms with E-state index in [4.69, 9.17) is 9.84 Å². The van der Waals surface area contributed by atoms with Gasteiger partial charge in [-0.1, -0.05) is 5.21 Å². The van der Waals surface area contributed by atoms with Gasteiger partial charge in [-0.2, -0.15) is 0 Å². The van der Waals surface area contributed by atoms with Gasteiger partial charge in [0.05, 0.1) is 25.2 Å². The molecule has 0 amide bonds. The molecule has 2 heterocycles. The lowest BCUT2D eigenvalue weighted by atomic mass is 10.1. The summed E-state index contributed by atoms with van der Waals surface area (Å²) in [6, 6.07) is -0.815. The number of ether oxygens (including phenoxy) is 1. The van der Waals surface area contributed by atoms with E-state index in [1.165, 1.54) is 7.05 Å². The van der Waals surface area contributed by atoms with Gasteiger partial charge in [-0.3, -0.25) is 4.79 Å². The molecule has 1 aromatic heterocycles.